The van der Waals surface area contributed by atoms with Gasteiger partial charge in [-0.25, -0.2) is 0 Å². The number of fused-ring (bicyclic) bond motifs is 1. The third-order valence-corrected chi connectivity index (χ3v) is 10.0. The summed E-state index contributed by atoms with van der Waals surface area (Å²) >= 11 is 3.77. The fourth-order valence-corrected chi connectivity index (χ4v) is 8.39. The lowest BCUT2D eigenvalue weighted by Crippen LogP contribution is -2.60. The fraction of sp³-hybridized carbons (Fsp3) is 0.606. The van der Waals surface area contributed by atoms with Crippen LogP contribution < -0.4 is 0 Å². The topological polar surface area (TPSA) is 90.4 Å². The van der Waals surface area contributed by atoms with Crippen molar-refractivity contribution in [2.24, 2.45) is 11.8 Å². The van der Waals surface area contributed by atoms with Gasteiger partial charge in [0.25, 0.3) is 0 Å². The van der Waals surface area contributed by atoms with Crippen molar-refractivity contribution in [3.8, 4) is 0 Å². The van der Waals surface area contributed by atoms with E-state index < -0.39 is 35.6 Å². The van der Waals surface area contributed by atoms with Crippen molar-refractivity contribution in [3.05, 3.63) is 61.2 Å². The maximum absolute atomic E-state index is 14.7. The molecule has 8 atom stereocenters. The molecule has 0 aromatic heterocycles. The molecule has 9 heteroatoms. The zero-order chi connectivity index (χ0) is 30.6. The van der Waals surface area contributed by atoms with Crippen LogP contribution in [0.15, 0.2) is 55.6 Å². The first-order valence-corrected chi connectivity index (χ1v) is 16.2. The Hall–Kier alpha value is -2.49. The van der Waals surface area contributed by atoms with E-state index in [1.54, 1.807) is 26.9 Å². The molecule has 230 valence electrons. The first-order valence-electron chi connectivity index (χ1n) is 15.3. The average Bonchev–Trinajstić information content (AvgIpc) is 3.57. The Labute approximate surface area is 258 Å². The molecule has 1 aromatic rings. The average molecular weight is 645 g/mol. The Morgan fingerprint density at radius 3 is 2.45 bits per heavy atom. The largest absolute Gasteiger partial charge is 0.394 e. The minimum atomic E-state index is -1.19. The number of hydrogen-bond acceptors (Lipinski definition) is 5. The zero-order valence-corrected chi connectivity index (χ0v) is 26.7. The predicted molar refractivity (Wildman–Crippen MR) is 167 cm³/mol. The van der Waals surface area contributed by atoms with Crippen LogP contribution in [0.25, 0.3) is 0 Å². The Morgan fingerprint density at radius 2 is 1.86 bits per heavy atom. The third kappa shape index (κ3) is 5.72. The summed E-state index contributed by atoms with van der Waals surface area (Å²) in [6.07, 6.45) is 6.13. The summed E-state index contributed by atoms with van der Waals surface area (Å²) < 4.78 is 6.75. The molecule has 0 aliphatic carbocycles. The molecule has 1 N–H and O–H groups in total. The van der Waals surface area contributed by atoms with Crippen LogP contribution in [0.2, 0.25) is 0 Å². The smallest absolute Gasteiger partial charge is 0.248 e. The van der Waals surface area contributed by atoms with Crippen molar-refractivity contribution >= 4 is 33.7 Å². The molecule has 1 spiro atoms. The Kier molecular flexibility index (Phi) is 10.7. The quantitative estimate of drug-likeness (QED) is 0.231. The van der Waals surface area contributed by atoms with E-state index >= 15 is 0 Å². The minimum absolute atomic E-state index is 0.0851. The molecule has 3 saturated heterocycles. The van der Waals surface area contributed by atoms with Gasteiger partial charge >= 0.3 is 0 Å². The highest BCUT2D eigenvalue weighted by Crippen LogP contribution is 2.61. The lowest BCUT2D eigenvalue weighted by Gasteiger charge is -2.41. The van der Waals surface area contributed by atoms with E-state index in [4.69, 9.17) is 4.74 Å². The second-order valence-corrected chi connectivity index (χ2v) is 13.1. The molecule has 3 aliphatic heterocycles. The Bertz CT molecular complexity index is 1150. The standard InChI is InChI=1S/C33H46BrN3O5/c1-6-13-22(5)36(18-9-4)32(41)29-33-20-25(34)28(42-33)26(30(39)35(16-7-2)17-8-3)27(33)31(40)37(29)24(21-38)19-23-14-11-10-12-15-23/h7,9-12,14-15,22,24-29,38H,2,4,6,8,13,16-21H2,1,3,5H3/t22?,24-,25?,26+,27+,28+,29?,33?/m1/s1. The summed E-state index contributed by atoms with van der Waals surface area (Å²) in [5.41, 5.74) is -0.238. The lowest BCUT2D eigenvalue weighted by molar-refractivity contribution is -0.153. The zero-order valence-electron chi connectivity index (χ0n) is 25.2. The number of hydrogen-bond donors (Lipinski definition) is 1. The number of halogens is 1. The molecule has 3 amide bonds. The Balaban J connectivity index is 1.83. The van der Waals surface area contributed by atoms with Crippen LogP contribution in [0.1, 0.15) is 52.0 Å². The minimum Gasteiger partial charge on any atom is -0.394 e. The van der Waals surface area contributed by atoms with Crippen LogP contribution in [0, 0.1) is 11.8 Å². The summed E-state index contributed by atoms with van der Waals surface area (Å²) in [7, 11) is 0. The second kappa shape index (κ2) is 13.9. The van der Waals surface area contributed by atoms with Crippen LogP contribution in [0.5, 0.6) is 0 Å². The third-order valence-electron chi connectivity index (χ3n) is 9.17. The number of ether oxygens (including phenoxy) is 1. The molecule has 42 heavy (non-hydrogen) atoms. The van der Waals surface area contributed by atoms with Crippen LogP contribution in [0.3, 0.4) is 0 Å². The molecule has 3 heterocycles. The monoisotopic (exact) mass is 643 g/mol. The molecule has 0 saturated carbocycles. The van der Waals surface area contributed by atoms with Gasteiger partial charge in [0.1, 0.15) is 11.6 Å². The summed E-state index contributed by atoms with van der Waals surface area (Å²) in [5.74, 6) is -2.22. The fourth-order valence-electron chi connectivity index (χ4n) is 7.44. The normalized spacial score (nSPS) is 29.2. The van der Waals surface area contributed by atoms with E-state index in [0.29, 0.717) is 32.5 Å². The van der Waals surface area contributed by atoms with E-state index in [1.807, 2.05) is 44.2 Å². The lowest BCUT2D eigenvalue weighted by atomic mass is 9.70. The number of likely N-dealkylation sites (tertiary alicyclic amines) is 1. The highest BCUT2D eigenvalue weighted by atomic mass is 79.9. The number of nitrogens with zero attached hydrogens (tertiary/aromatic N) is 3. The van der Waals surface area contributed by atoms with Gasteiger partial charge in [-0.3, -0.25) is 14.4 Å². The first-order chi connectivity index (χ1) is 20.2. The summed E-state index contributed by atoms with van der Waals surface area (Å²) in [6.45, 7) is 14.7. The van der Waals surface area contributed by atoms with E-state index in [-0.39, 0.29) is 35.2 Å². The van der Waals surface area contributed by atoms with Gasteiger partial charge in [0.05, 0.1) is 30.6 Å². The second-order valence-electron chi connectivity index (χ2n) is 11.9. The van der Waals surface area contributed by atoms with E-state index in [0.717, 1.165) is 24.8 Å². The van der Waals surface area contributed by atoms with Gasteiger partial charge in [0.15, 0.2) is 0 Å². The number of rotatable bonds is 15. The van der Waals surface area contributed by atoms with Gasteiger partial charge in [-0.2, -0.15) is 0 Å². The summed E-state index contributed by atoms with van der Waals surface area (Å²) in [6, 6.07) is 7.94. The van der Waals surface area contributed by atoms with Crippen molar-refractivity contribution in [2.75, 3.05) is 26.2 Å². The van der Waals surface area contributed by atoms with Gasteiger partial charge in [-0.05, 0) is 38.2 Å². The van der Waals surface area contributed by atoms with Crippen molar-refractivity contribution < 1.29 is 24.2 Å². The molecule has 2 bridgehead atoms. The molecule has 1 aromatic carbocycles. The van der Waals surface area contributed by atoms with Crippen molar-refractivity contribution in [3.63, 3.8) is 0 Å². The number of amides is 3. The van der Waals surface area contributed by atoms with E-state index in [1.165, 1.54) is 0 Å². The molecule has 8 nitrogen and oxygen atoms in total. The van der Waals surface area contributed by atoms with Gasteiger partial charge in [0.2, 0.25) is 17.7 Å². The molecular formula is C33H46BrN3O5. The summed E-state index contributed by atoms with van der Waals surface area (Å²) in [4.78, 5) is 48.4. The molecule has 3 fully saturated rings. The highest BCUT2D eigenvalue weighted by molar-refractivity contribution is 9.09. The maximum Gasteiger partial charge on any atom is 0.248 e. The highest BCUT2D eigenvalue weighted by Gasteiger charge is 2.77. The number of aliphatic hydroxyl groups excluding tert-OH is 1. The molecule has 0 radical (unpaired) electrons. The van der Waals surface area contributed by atoms with Crippen LogP contribution in [0.4, 0.5) is 0 Å². The van der Waals surface area contributed by atoms with Crippen molar-refractivity contribution in [1.29, 1.82) is 0 Å². The number of benzene rings is 1. The molecule has 3 aliphatic rings. The number of carbonyl (C=O) groups excluding carboxylic acids is 3. The number of alkyl halides is 1. The first kappa shape index (κ1) is 32.4. The Morgan fingerprint density at radius 1 is 1.17 bits per heavy atom. The van der Waals surface area contributed by atoms with E-state index in [2.05, 4.69) is 36.0 Å². The molecule has 4 unspecified atom stereocenters. The number of aliphatic hydroxyl groups is 1. The van der Waals surface area contributed by atoms with Crippen LogP contribution >= 0.6 is 15.9 Å². The van der Waals surface area contributed by atoms with E-state index in [9.17, 15) is 19.5 Å². The maximum atomic E-state index is 14.7. The van der Waals surface area contributed by atoms with Gasteiger partial charge < -0.3 is 24.5 Å². The van der Waals surface area contributed by atoms with Gasteiger partial charge in [-0.15, -0.1) is 13.2 Å². The van der Waals surface area contributed by atoms with Crippen LogP contribution in [-0.2, 0) is 25.5 Å². The van der Waals surface area contributed by atoms with Gasteiger partial charge in [-0.1, -0.05) is 78.7 Å². The SMILES string of the molecule is C=CCN(CCC)C(=O)[C@H]1[C@H]2C(=O)N([C@@H](CO)Cc3ccccc3)C(C(=O)N(CC=C)C(C)CCC)C23CC(Br)[C@@H]1O3. The molecular weight excluding hydrogens is 598 g/mol. The number of carbonyl (C=O) groups is 3. The molecule has 4 rings (SSSR count). The predicted octanol–water partition coefficient (Wildman–Crippen LogP) is 3.97. The summed E-state index contributed by atoms with van der Waals surface area (Å²) in [5, 5.41) is 10.7. The van der Waals surface area contributed by atoms with Crippen molar-refractivity contribution in [2.45, 2.75) is 87.5 Å². The van der Waals surface area contributed by atoms with Crippen LogP contribution in [-0.4, -0.2) is 98.4 Å². The van der Waals surface area contributed by atoms with Crippen molar-refractivity contribution in [1.82, 2.24) is 14.7 Å². The van der Waals surface area contributed by atoms with Gasteiger partial charge in [0, 0.05) is 30.5 Å².